The fourth-order valence-electron chi connectivity index (χ4n) is 2.02. The van der Waals surface area contributed by atoms with Gasteiger partial charge in [0.15, 0.2) is 6.29 Å². The lowest BCUT2D eigenvalue weighted by atomic mass is 10.0. The second kappa shape index (κ2) is 6.14. The molecule has 0 radical (unpaired) electrons. The van der Waals surface area contributed by atoms with E-state index in [0.717, 1.165) is 31.1 Å². The van der Waals surface area contributed by atoms with Gasteiger partial charge >= 0.3 is 0 Å². The maximum absolute atomic E-state index is 11.1. The van der Waals surface area contributed by atoms with E-state index >= 15 is 0 Å². The van der Waals surface area contributed by atoms with Crippen LogP contribution in [0.25, 0.3) is 10.8 Å². The highest BCUT2D eigenvalue weighted by atomic mass is 16.3. The zero-order chi connectivity index (χ0) is 13.7. The highest BCUT2D eigenvalue weighted by Crippen LogP contribution is 2.30. The summed E-state index contributed by atoms with van der Waals surface area (Å²) in [7, 11) is 0. The molecule has 0 spiro atoms. The summed E-state index contributed by atoms with van der Waals surface area (Å²) in [5, 5.41) is 11.7. The summed E-state index contributed by atoms with van der Waals surface area (Å²) in [6.07, 6.45) is 4.56. The minimum atomic E-state index is 0.182. The maximum Gasteiger partial charge on any atom is 0.150 e. The molecule has 0 saturated carbocycles. The summed E-state index contributed by atoms with van der Waals surface area (Å²) >= 11 is 0. The second-order valence-electron chi connectivity index (χ2n) is 4.46. The van der Waals surface area contributed by atoms with Crippen LogP contribution in [0, 0.1) is 0 Å². The van der Waals surface area contributed by atoms with Crippen LogP contribution in [0.3, 0.4) is 0 Å². The zero-order valence-electron chi connectivity index (χ0n) is 11.0. The quantitative estimate of drug-likeness (QED) is 0.504. The standard InChI is InChI=1S/C16H17NO2/c1-2-3-8-17-10-12-9-13(11-18)14-6-4-5-7-15(14)16(12)19/h4-7,9-11,19H,2-3,8H2,1H3. The van der Waals surface area contributed by atoms with Gasteiger partial charge in [0.25, 0.3) is 0 Å². The first-order valence-electron chi connectivity index (χ1n) is 6.47. The van der Waals surface area contributed by atoms with Gasteiger partial charge in [-0.2, -0.15) is 0 Å². The van der Waals surface area contributed by atoms with E-state index in [1.807, 2.05) is 18.2 Å². The first kappa shape index (κ1) is 13.3. The molecule has 0 bridgehead atoms. The molecule has 3 heteroatoms. The molecular formula is C16H17NO2. The Kier molecular flexibility index (Phi) is 4.29. The summed E-state index contributed by atoms with van der Waals surface area (Å²) in [5.74, 6) is 0.182. The SMILES string of the molecule is CCCCN=Cc1cc(C=O)c2ccccc2c1O. The Morgan fingerprint density at radius 1 is 1.21 bits per heavy atom. The molecule has 0 aliphatic rings. The van der Waals surface area contributed by atoms with Gasteiger partial charge in [0.05, 0.1) is 0 Å². The van der Waals surface area contributed by atoms with Crippen molar-refractivity contribution >= 4 is 23.3 Å². The van der Waals surface area contributed by atoms with Gasteiger partial charge in [-0.15, -0.1) is 0 Å². The number of aldehydes is 1. The largest absolute Gasteiger partial charge is 0.507 e. The third-order valence-electron chi connectivity index (χ3n) is 3.08. The maximum atomic E-state index is 11.1. The lowest BCUT2D eigenvalue weighted by molar-refractivity contribution is 0.112. The lowest BCUT2D eigenvalue weighted by Gasteiger charge is -2.07. The van der Waals surface area contributed by atoms with Crippen LogP contribution in [-0.2, 0) is 0 Å². The molecule has 19 heavy (non-hydrogen) atoms. The Morgan fingerprint density at radius 3 is 2.63 bits per heavy atom. The molecule has 0 amide bonds. The van der Waals surface area contributed by atoms with Gasteiger partial charge in [-0.05, 0) is 17.9 Å². The average Bonchev–Trinajstić information content (AvgIpc) is 2.46. The fourth-order valence-corrected chi connectivity index (χ4v) is 2.02. The first-order chi connectivity index (χ1) is 9.27. The van der Waals surface area contributed by atoms with E-state index in [9.17, 15) is 9.90 Å². The number of hydrogen-bond acceptors (Lipinski definition) is 3. The van der Waals surface area contributed by atoms with Crippen LogP contribution >= 0.6 is 0 Å². The number of fused-ring (bicyclic) bond motifs is 1. The van der Waals surface area contributed by atoms with Crippen LogP contribution < -0.4 is 0 Å². The van der Waals surface area contributed by atoms with Gasteiger partial charge < -0.3 is 5.11 Å². The van der Waals surface area contributed by atoms with Gasteiger partial charge in [-0.1, -0.05) is 37.6 Å². The molecule has 0 fully saturated rings. The van der Waals surface area contributed by atoms with Crippen molar-refractivity contribution in [3.63, 3.8) is 0 Å². The highest BCUT2D eigenvalue weighted by Gasteiger charge is 2.09. The minimum absolute atomic E-state index is 0.182. The third-order valence-corrected chi connectivity index (χ3v) is 3.08. The topological polar surface area (TPSA) is 49.7 Å². The van der Waals surface area contributed by atoms with Gasteiger partial charge in [0.1, 0.15) is 5.75 Å². The van der Waals surface area contributed by atoms with Crippen molar-refractivity contribution in [2.45, 2.75) is 19.8 Å². The van der Waals surface area contributed by atoms with Crippen molar-refractivity contribution < 1.29 is 9.90 Å². The van der Waals surface area contributed by atoms with Gasteiger partial charge in [-0.3, -0.25) is 9.79 Å². The van der Waals surface area contributed by atoms with Gasteiger partial charge in [0.2, 0.25) is 0 Å². The van der Waals surface area contributed by atoms with Crippen LogP contribution in [0.2, 0.25) is 0 Å². The Bertz CT molecular complexity index is 617. The molecule has 3 nitrogen and oxygen atoms in total. The molecule has 98 valence electrons. The van der Waals surface area contributed by atoms with Crippen molar-refractivity contribution in [3.8, 4) is 5.75 Å². The number of phenolic OH excluding ortho intramolecular Hbond substituents is 1. The lowest BCUT2D eigenvalue weighted by Crippen LogP contribution is -1.92. The number of nitrogens with zero attached hydrogens (tertiary/aromatic N) is 1. The summed E-state index contributed by atoms with van der Waals surface area (Å²) in [5.41, 5.74) is 1.17. The van der Waals surface area contributed by atoms with Crippen LogP contribution in [0.4, 0.5) is 0 Å². The molecule has 0 saturated heterocycles. The molecular weight excluding hydrogens is 238 g/mol. The molecule has 0 unspecified atom stereocenters. The van der Waals surface area contributed by atoms with Crippen molar-refractivity contribution in [1.82, 2.24) is 0 Å². The molecule has 2 rings (SSSR count). The van der Waals surface area contributed by atoms with E-state index in [4.69, 9.17) is 0 Å². The molecule has 1 N–H and O–H groups in total. The van der Waals surface area contributed by atoms with E-state index in [-0.39, 0.29) is 5.75 Å². The number of phenols is 1. The minimum Gasteiger partial charge on any atom is -0.507 e. The third kappa shape index (κ3) is 2.81. The number of aliphatic imine (C=N–C) groups is 1. The molecule has 0 heterocycles. The number of benzene rings is 2. The molecule has 2 aromatic carbocycles. The predicted octanol–water partition coefficient (Wildman–Crippen LogP) is 3.58. The number of hydrogen-bond donors (Lipinski definition) is 1. The highest BCUT2D eigenvalue weighted by molar-refractivity contribution is 6.05. The van der Waals surface area contributed by atoms with Crippen molar-refractivity contribution in [3.05, 3.63) is 41.5 Å². The number of carbonyl (C=O) groups is 1. The number of aromatic hydroxyl groups is 1. The van der Waals surface area contributed by atoms with Crippen LogP contribution in [0.1, 0.15) is 35.7 Å². The van der Waals surface area contributed by atoms with E-state index in [2.05, 4.69) is 11.9 Å². The summed E-state index contributed by atoms with van der Waals surface area (Å²) in [6.45, 7) is 2.84. The molecule has 0 aliphatic heterocycles. The summed E-state index contributed by atoms with van der Waals surface area (Å²) in [4.78, 5) is 15.4. The monoisotopic (exact) mass is 255 g/mol. The predicted molar refractivity (Wildman–Crippen MR) is 78.4 cm³/mol. The van der Waals surface area contributed by atoms with Crippen molar-refractivity contribution in [2.75, 3.05) is 6.54 Å². The van der Waals surface area contributed by atoms with Crippen molar-refractivity contribution in [1.29, 1.82) is 0 Å². The van der Waals surface area contributed by atoms with E-state index in [1.54, 1.807) is 18.3 Å². The average molecular weight is 255 g/mol. The van der Waals surface area contributed by atoms with Crippen LogP contribution in [-0.4, -0.2) is 24.2 Å². The van der Waals surface area contributed by atoms with Crippen molar-refractivity contribution in [2.24, 2.45) is 4.99 Å². The fraction of sp³-hybridized carbons (Fsp3) is 0.250. The van der Waals surface area contributed by atoms with E-state index in [1.165, 1.54) is 0 Å². The summed E-state index contributed by atoms with van der Waals surface area (Å²) < 4.78 is 0. The second-order valence-corrected chi connectivity index (χ2v) is 4.46. The number of unbranched alkanes of at least 4 members (excludes halogenated alkanes) is 1. The van der Waals surface area contributed by atoms with E-state index in [0.29, 0.717) is 16.5 Å². The van der Waals surface area contributed by atoms with Gasteiger partial charge in [0, 0.05) is 29.3 Å². The first-order valence-corrected chi connectivity index (χ1v) is 6.47. The van der Waals surface area contributed by atoms with Crippen LogP contribution in [0.5, 0.6) is 5.75 Å². The molecule has 0 aliphatic carbocycles. The molecule has 2 aromatic rings. The Balaban J connectivity index is 2.47. The summed E-state index contributed by atoms with van der Waals surface area (Å²) in [6, 6.07) is 9.01. The number of rotatable bonds is 5. The smallest absolute Gasteiger partial charge is 0.150 e. The zero-order valence-corrected chi connectivity index (χ0v) is 11.0. The van der Waals surface area contributed by atoms with E-state index < -0.39 is 0 Å². The Hall–Kier alpha value is -2.16. The molecule has 0 aromatic heterocycles. The Labute approximate surface area is 112 Å². The van der Waals surface area contributed by atoms with Crippen LogP contribution in [0.15, 0.2) is 35.3 Å². The molecule has 0 atom stereocenters. The normalized spacial score (nSPS) is 11.2. The number of carbonyl (C=O) groups excluding carboxylic acids is 1. The van der Waals surface area contributed by atoms with Gasteiger partial charge in [-0.25, -0.2) is 0 Å². The Morgan fingerprint density at radius 2 is 1.95 bits per heavy atom.